The van der Waals surface area contributed by atoms with Crippen molar-refractivity contribution in [3.05, 3.63) is 135 Å². The van der Waals surface area contributed by atoms with Crippen LogP contribution in [-0.4, -0.2) is 142 Å². The van der Waals surface area contributed by atoms with Gasteiger partial charge >= 0.3 is 89.5 Å². The number of ether oxygens (including phenoxy) is 18. The number of hydrogen-bond donors (Lipinski definition) is 6. The van der Waals surface area contributed by atoms with Crippen LogP contribution in [0.2, 0.25) is 0 Å². The number of aromatic hydroxyl groups is 6. The van der Waals surface area contributed by atoms with Crippen LogP contribution in [0.25, 0.3) is 64.6 Å². The summed E-state index contributed by atoms with van der Waals surface area (Å²) in [6.07, 6.45) is 1.82. The Labute approximate surface area is 804 Å². The van der Waals surface area contributed by atoms with Gasteiger partial charge in [0.15, 0.2) is 0 Å². The molecule has 39 heteroatoms. The van der Waals surface area contributed by atoms with Crippen molar-refractivity contribution in [3.63, 3.8) is 0 Å². The van der Waals surface area contributed by atoms with E-state index in [-0.39, 0.29) is 158 Å². The minimum absolute atomic E-state index is 0.0193. The van der Waals surface area contributed by atoms with E-state index in [1.165, 1.54) is 55.4 Å². The summed E-state index contributed by atoms with van der Waals surface area (Å²) in [5.74, 6) is -13.0. The predicted octanol–water partition coefficient (Wildman–Crippen LogP) is 13.8. The second-order valence-corrected chi connectivity index (χ2v) is 32.0. The Balaban J connectivity index is 0.000000299. The van der Waals surface area contributed by atoms with Gasteiger partial charge in [-0.25, -0.2) is 0 Å². The van der Waals surface area contributed by atoms with Gasteiger partial charge in [-0.2, -0.15) is 0 Å². The molecule has 0 spiro atoms. The van der Waals surface area contributed by atoms with E-state index in [1.807, 2.05) is 39.8 Å². The molecular weight excluding hydrogens is 1840 g/mol. The van der Waals surface area contributed by atoms with E-state index < -0.39 is 164 Å². The molecule has 6 N–H and O–H groups in total. The summed E-state index contributed by atoms with van der Waals surface area (Å²) < 4.78 is 97.9. The minimum atomic E-state index is -0.828. The highest BCUT2D eigenvalue weighted by Crippen LogP contribution is 2.55. The molecule has 140 heavy (non-hydrogen) atoms. The van der Waals surface area contributed by atoms with Gasteiger partial charge in [-0.05, 0) is 92.1 Å². The molecule has 9 aromatic rings. The van der Waals surface area contributed by atoms with Gasteiger partial charge in [0.05, 0.1) is 41.4 Å². The van der Waals surface area contributed by atoms with Crippen LogP contribution in [0.5, 0.6) is 34.5 Å². The number of esters is 15. The smallest absolute Gasteiger partial charge is 0.302 e. The lowest BCUT2D eigenvalue weighted by atomic mass is 9.77. The average molecular weight is 1960 g/mol. The van der Waals surface area contributed by atoms with Crippen molar-refractivity contribution in [1.29, 1.82) is 0 Å². The zero-order chi connectivity index (χ0) is 104. The summed E-state index contributed by atoms with van der Waals surface area (Å²) in [4.78, 5) is 183. The Morgan fingerprint density at radius 3 is 0.557 bits per heavy atom. The van der Waals surface area contributed by atoms with Gasteiger partial charge in [0.2, 0.25) is 0 Å². The second kappa shape index (κ2) is 51.1. The molecule has 0 bridgehead atoms. The van der Waals surface area contributed by atoms with Crippen molar-refractivity contribution >= 4 is 154 Å². The maximum Gasteiger partial charge on any atom is 0.302 e. The number of carbonyl (C=O) groups is 15. The molecule has 0 heterocycles. The molecule has 9 aromatic carbocycles. The van der Waals surface area contributed by atoms with E-state index in [0.29, 0.717) is 99.9 Å². The fourth-order valence-corrected chi connectivity index (χ4v) is 16.8. The van der Waals surface area contributed by atoms with Crippen LogP contribution < -0.4 is 0 Å². The van der Waals surface area contributed by atoms with Crippen LogP contribution >= 0.6 is 0 Å². The van der Waals surface area contributed by atoms with Gasteiger partial charge in [0.1, 0.15) is 134 Å². The van der Waals surface area contributed by atoms with Crippen LogP contribution in [0.15, 0.2) is 12.1 Å². The first-order valence-corrected chi connectivity index (χ1v) is 44.1. The second-order valence-electron chi connectivity index (χ2n) is 32.0. The third-order valence-electron chi connectivity index (χ3n) is 22.4. The maximum atomic E-state index is 12.5. The van der Waals surface area contributed by atoms with Crippen LogP contribution in [0, 0.1) is 0 Å². The van der Waals surface area contributed by atoms with Gasteiger partial charge in [-0.3, -0.25) is 71.9 Å². The molecule has 756 valence electrons. The third-order valence-corrected chi connectivity index (χ3v) is 22.4. The number of fused-ring (bicyclic) bond motifs is 6. The third kappa shape index (κ3) is 27.0. The average Bonchev–Trinajstić information content (AvgIpc) is 0.732. The SMILES string of the molecule is CC(=O)OCc1c(COC(C)=O)c(COC(C)=O)c2c(COC(C)=O)c3c(COC(C)=O)c(COC(C)=O)c(COC(C)=O)c(O)c3c(O)c2c1O.CCc1c2c(COC(C)=O)c(COC(C)=O)c(COC(C)=O)c(COC(C)=O)c2c(CC)c2c(COC(C)=O)c(COC(C)=O)c(COC(C)=O)c(COC(C)=O)c12.CCc1cc(CC)c2c(COC)c3c(COC)cc(COC)c(O)c3c(O)c2c1O. The van der Waals surface area contributed by atoms with E-state index in [0.717, 1.165) is 82.5 Å². The summed E-state index contributed by atoms with van der Waals surface area (Å²) in [5.41, 5.74) is 7.29. The Morgan fingerprint density at radius 2 is 0.336 bits per heavy atom. The highest BCUT2D eigenvalue weighted by atomic mass is 16.6. The molecule has 0 unspecified atom stereocenters. The molecule has 0 aliphatic heterocycles. The van der Waals surface area contributed by atoms with Crippen LogP contribution in [-0.2, 0) is 302 Å². The van der Waals surface area contributed by atoms with E-state index in [2.05, 4.69) is 0 Å². The highest BCUT2D eigenvalue weighted by molar-refractivity contribution is 6.18. The Kier molecular flexibility index (Phi) is 41.0. The number of phenols is 6. The van der Waals surface area contributed by atoms with Crippen molar-refractivity contribution < 1.29 is 188 Å². The summed E-state index contributed by atoms with van der Waals surface area (Å²) in [6, 6.07) is 3.82. The molecule has 0 amide bonds. The van der Waals surface area contributed by atoms with Gasteiger partial charge in [0.25, 0.3) is 0 Å². The zero-order valence-electron chi connectivity index (χ0n) is 82.4. The molecule has 39 nitrogen and oxygen atoms in total. The van der Waals surface area contributed by atoms with Crippen LogP contribution in [0.4, 0.5) is 0 Å². The fourth-order valence-electron chi connectivity index (χ4n) is 16.8. The van der Waals surface area contributed by atoms with Crippen molar-refractivity contribution in [3.8, 4) is 34.5 Å². The van der Waals surface area contributed by atoms with E-state index in [1.54, 1.807) is 21.3 Å². The monoisotopic (exact) mass is 1950 g/mol. The predicted molar refractivity (Wildman–Crippen MR) is 496 cm³/mol. The normalized spacial score (nSPS) is 11.0. The molecule has 0 aliphatic carbocycles. The number of aryl methyl sites for hydroxylation is 4. The maximum absolute atomic E-state index is 12.5. The molecule has 0 saturated carbocycles. The van der Waals surface area contributed by atoms with Crippen molar-refractivity contribution in [2.75, 3.05) is 21.3 Å². The number of carbonyl (C=O) groups excluding carboxylic acids is 15. The van der Waals surface area contributed by atoms with E-state index in [9.17, 15) is 103 Å². The standard InChI is InChI=1S/C42H50O16.C35H38O17.C24H30O6/c1-11-29-39-35(17-55-25(7)47)31(13-51-21(3)43)33(15-53-23(5)45)37(19-57-27(9)49)41(39)30(12-2)42-38(20-58-28(10)50)34(16-54-24(6)46)32(14-52-22(4)44)36(40(29)42)18-56-26(8)48;1-15(36)46-8-22-24(10-48-17(3)38)29-28(14-52-21(7)42)30-25(11-49-18(4)39)23(9-47-16(2)37)27(13-51-20(6)41)34(44)32(30)35(45)31(29)33(43)26(22)12-50-19(5)40;1-6-13-8-14(7-2)22(25)20-18(13)17(12-30-5)19-15(10-28-3)9-16(11-29-4)23(26)21(19)24(20)27/h11-20H2,1-10H3;43-45H,8-14H2,1-7H3;8-9,25-27H,6-7,10-12H2,1-5H3. The molecule has 0 aromatic heterocycles. The largest absolute Gasteiger partial charge is 0.507 e. The van der Waals surface area contributed by atoms with Crippen molar-refractivity contribution in [2.45, 2.75) is 276 Å². The first kappa shape index (κ1) is 112. The Morgan fingerprint density at radius 1 is 0.164 bits per heavy atom. The van der Waals surface area contributed by atoms with Gasteiger partial charge < -0.3 is 116 Å². The topological polar surface area (TPSA) is 544 Å². The summed E-state index contributed by atoms with van der Waals surface area (Å²) in [5, 5.41) is 72.1. The summed E-state index contributed by atoms with van der Waals surface area (Å²) >= 11 is 0. The van der Waals surface area contributed by atoms with Crippen LogP contribution in [0.1, 0.15) is 254 Å². The number of hydrogen-bond acceptors (Lipinski definition) is 39. The summed E-state index contributed by atoms with van der Waals surface area (Å²) in [7, 11) is 4.75. The number of rotatable bonds is 40. The quantitative estimate of drug-likeness (QED) is 0.0118. The molecule has 0 saturated heterocycles. The van der Waals surface area contributed by atoms with E-state index >= 15 is 0 Å². The van der Waals surface area contributed by atoms with Gasteiger partial charge in [-0.1, -0.05) is 33.8 Å². The molecular formula is C101H118O39. The van der Waals surface area contributed by atoms with Crippen LogP contribution in [0.3, 0.4) is 0 Å². The molecule has 0 aliphatic rings. The number of methoxy groups -OCH3 is 3. The number of phenolic OH excluding ortho intramolecular Hbond substituents is 6. The van der Waals surface area contributed by atoms with Crippen molar-refractivity contribution in [1.82, 2.24) is 0 Å². The van der Waals surface area contributed by atoms with E-state index in [4.69, 9.17) is 85.3 Å². The lowest BCUT2D eigenvalue weighted by Crippen LogP contribution is -2.19. The summed E-state index contributed by atoms with van der Waals surface area (Å²) in [6.45, 7) is 18.6. The molecule has 9 rings (SSSR count). The molecule has 0 atom stereocenters. The van der Waals surface area contributed by atoms with Gasteiger partial charge in [-0.15, -0.1) is 0 Å². The highest BCUT2D eigenvalue weighted by Gasteiger charge is 2.37. The Bertz CT molecular complexity index is 5960. The zero-order valence-corrected chi connectivity index (χ0v) is 82.4. The first-order valence-electron chi connectivity index (χ1n) is 44.1. The van der Waals surface area contributed by atoms with Gasteiger partial charge in [0, 0.05) is 230 Å². The molecule has 0 fully saturated rings. The lowest BCUT2D eigenvalue weighted by molar-refractivity contribution is -0.144. The van der Waals surface area contributed by atoms with Crippen molar-refractivity contribution in [2.24, 2.45) is 0 Å². The molecule has 0 radical (unpaired) electrons. The Hall–Kier alpha value is -14.7. The lowest BCUT2D eigenvalue weighted by Gasteiger charge is -2.30. The first-order chi connectivity index (χ1) is 66.1. The fraction of sp³-hybridized carbons (Fsp3) is 0.436. The minimum Gasteiger partial charge on any atom is -0.507 e. The number of benzene rings is 9.